The summed E-state index contributed by atoms with van der Waals surface area (Å²) in [7, 11) is 2.62. The molecule has 1 aromatic rings. The Balaban J connectivity index is 1.65. The van der Waals surface area contributed by atoms with Crippen LogP contribution >= 0.6 is 0 Å². The molecule has 0 N–H and O–H groups in total. The van der Waals surface area contributed by atoms with Crippen LogP contribution < -0.4 is 0 Å². The molecule has 5 rings (SSSR count). The van der Waals surface area contributed by atoms with Crippen LogP contribution in [0.25, 0.3) is 0 Å². The van der Waals surface area contributed by atoms with Gasteiger partial charge < -0.3 is 4.48 Å². The van der Waals surface area contributed by atoms with Gasteiger partial charge in [0.15, 0.2) is 0 Å². The quantitative estimate of drug-likeness (QED) is 0.563. The molecule has 0 aromatic heterocycles. The van der Waals surface area contributed by atoms with Gasteiger partial charge in [0, 0.05) is 23.7 Å². The predicted molar refractivity (Wildman–Crippen MR) is 114 cm³/mol. The van der Waals surface area contributed by atoms with Gasteiger partial charge in [0.1, 0.15) is 0 Å². The zero-order valence-electron chi connectivity index (χ0n) is 18.1. The smallest absolute Gasteiger partial charge is 0.0966 e. The van der Waals surface area contributed by atoms with E-state index in [4.69, 9.17) is 0 Å². The minimum absolute atomic E-state index is 0.492. The number of hydrogen-bond acceptors (Lipinski definition) is 0. The minimum atomic E-state index is 0.492. The summed E-state index contributed by atoms with van der Waals surface area (Å²) in [6.07, 6.45) is 11.4. The molecule has 0 radical (unpaired) electrons. The molecule has 0 amide bonds. The number of benzene rings is 1. The van der Waals surface area contributed by atoms with Crippen LogP contribution in [0.1, 0.15) is 76.0 Å². The second-order valence-corrected chi connectivity index (χ2v) is 10.7. The molecule has 0 saturated heterocycles. The first-order valence-corrected chi connectivity index (χ1v) is 12.0. The highest BCUT2D eigenvalue weighted by molar-refractivity contribution is 5.50. The Morgan fingerprint density at radius 3 is 2.33 bits per heavy atom. The van der Waals surface area contributed by atoms with E-state index in [-0.39, 0.29) is 0 Å². The van der Waals surface area contributed by atoms with E-state index in [2.05, 4.69) is 46.0 Å². The molecule has 5 unspecified atom stereocenters. The Kier molecular flexibility index (Phi) is 4.28. The highest BCUT2D eigenvalue weighted by Gasteiger charge is 2.62. The highest BCUT2D eigenvalue weighted by atomic mass is 15.4. The van der Waals surface area contributed by atoms with Crippen molar-refractivity contribution >= 4 is 0 Å². The van der Waals surface area contributed by atoms with E-state index < -0.39 is 0 Å². The molecule has 4 aliphatic carbocycles. The minimum Gasteiger partial charge on any atom is -0.323 e. The molecule has 0 spiro atoms. The monoisotopic (exact) mass is 366 g/mol. The van der Waals surface area contributed by atoms with E-state index >= 15 is 0 Å². The second-order valence-electron chi connectivity index (χ2n) is 10.7. The molecule has 0 bridgehead atoms. The fraction of sp³-hybridized carbons (Fsp3) is 0.769. The Hall–Kier alpha value is -0.820. The molecule has 1 aromatic carbocycles. The van der Waals surface area contributed by atoms with Gasteiger partial charge in [-0.1, -0.05) is 38.5 Å². The van der Waals surface area contributed by atoms with Crippen LogP contribution in [-0.4, -0.2) is 30.7 Å². The third kappa shape index (κ3) is 2.46. The second kappa shape index (κ2) is 6.34. The van der Waals surface area contributed by atoms with Crippen LogP contribution in [0.4, 0.5) is 0 Å². The maximum atomic E-state index is 2.62. The van der Waals surface area contributed by atoms with Gasteiger partial charge in [-0.05, 0) is 74.0 Å². The van der Waals surface area contributed by atoms with Crippen LogP contribution in [0.5, 0.6) is 0 Å². The molecule has 4 aliphatic rings. The van der Waals surface area contributed by atoms with Crippen molar-refractivity contribution in [3.63, 3.8) is 0 Å². The first-order valence-electron chi connectivity index (χ1n) is 12.0. The summed E-state index contributed by atoms with van der Waals surface area (Å²) in [6, 6.07) is 8.21. The highest BCUT2D eigenvalue weighted by Crippen LogP contribution is 2.63. The van der Waals surface area contributed by atoms with Crippen LogP contribution in [0.15, 0.2) is 18.2 Å². The van der Waals surface area contributed by atoms with Crippen molar-refractivity contribution in [1.29, 1.82) is 0 Å². The van der Waals surface area contributed by atoms with Gasteiger partial charge in [0.05, 0.1) is 26.2 Å². The number of likely N-dealkylation sites (N-methyl/N-ethyl adjacent to an activating group) is 1. The molecule has 2 fully saturated rings. The standard InChI is InChI=1S/C26H40N/c1-5-19-13-14-22-24(27(4,7-3)17-18-11-12-18)16-21-10-8-9-20-15-23(19)26(22,6-2)25(20)21/h8-10,18-19,22-24H,5-7,11-17H2,1-4H3/q+1/t19?,22?,23-,24?,26?,27?/m0/s1. The average Bonchev–Trinajstić information content (AvgIpc) is 3.43. The van der Waals surface area contributed by atoms with E-state index in [0.717, 1.165) is 29.7 Å². The van der Waals surface area contributed by atoms with Crippen molar-refractivity contribution < 1.29 is 4.48 Å². The molecular weight excluding hydrogens is 326 g/mol. The van der Waals surface area contributed by atoms with Gasteiger partial charge in [-0.2, -0.15) is 0 Å². The van der Waals surface area contributed by atoms with Gasteiger partial charge in [-0.25, -0.2) is 0 Å². The first-order chi connectivity index (χ1) is 13.1. The molecule has 0 heterocycles. The van der Waals surface area contributed by atoms with Gasteiger partial charge in [-0.15, -0.1) is 0 Å². The molecule has 27 heavy (non-hydrogen) atoms. The van der Waals surface area contributed by atoms with Gasteiger partial charge in [-0.3, -0.25) is 0 Å². The van der Waals surface area contributed by atoms with Crippen LogP contribution in [0, 0.1) is 23.7 Å². The van der Waals surface area contributed by atoms with Gasteiger partial charge in [0.2, 0.25) is 0 Å². The lowest BCUT2D eigenvalue weighted by Crippen LogP contribution is -2.65. The zero-order chi connectivity index (χ0) is 18.8. The molecular formula is C26H40N+. The van der Waals surface area contributed by atoms with Crippen molar-refractivity contribution in [1.82, 2.24) is 0 Å². The molecule has 0 aliphatic heterocycles. The van der Waals surface area contributed by atoms with Crippen LogP contribution in [0.2, 0.25) is 0 Å². The Bertz CT molecular complexity index is 719. The van der Waals surface area contributed by atoms with Crippen LogP contribution in [0.3, 0.4) is 0 Å². The predicted octanol–water partition coefficient (Wildman–Crippen LogP) is 5.74. The Labute approximate surface area is 167 Å². The Morgan fingerprint density at radius 1 is 0.963 bits per heavy atom. The lowest BCUT2D eigenvalue weighted by atomic mass is 9.49. The van der Waals surface area contributed by atoms with E-state index in [1.807, 2.05) is 5.56 Å². The summed E-state index contributed by atoms with van der Waals surface area (Å²) in [5, 5.41) is 0. The summed E-state index contributed by atoms with van der Waals surface area (Å²) in [5.74, 6) is 3.79. The fourth-order valence-electron chi connectivity index (χ4n) is 8.23. The summed E-state index contributed by atoms with van der Waals surface area (Å²) in [5.41, 5.74) is 5.82. The number of quaternary nitrogens is 1. The third-order valence-corrected chi connectivity index (χ3v) is 9.78. The third-order valence-electron chi connectivity index (χ3n) is 9.78. The topological polar surface area (TPSA) is 0 Å². The molecule has 6 atom stereocenters. The van der Waals surface area contributed by atoms with E-state index in [0.29, 0.717) is 5.41 Å². The van der Waals surface area contributed by atoms with Crippen molar-refractivity contribution in [3.8, 4) is 0 Å². The number of nitrogens with zero attached hydrogens (tertiary/aromatic N) is 1. The Morgan fingerprint density at radius 2 is 1.70 bits per heavy atom. The average molecular weight is 367 g/mol. The summed E-state index contributed by atoms with van der Waals surface area (Å²) in [4.78, 5) is 0. The van der Waals surface area contributed by atoms with Gasteiger partial charge in [0.25, 0.3) is 0 Å². The first kappa shape index (κ1) is 18.2. The van der Waals surface area contributed by atoms with Crippen molar-refractivity contribution in [2.45, 2.75) is 83.6 Å². The van der Waals surface area contributed by atoms with E-state index in [1.165, 1.54) is 68.9 Å². The number of hydrogen-bond donors (Lipinski definition) is 0. The van der Waals surface area contributed by atoms with Crippen molar-refractivity contribution in [2.24, 2.45) is 23.7 Å². The zero-order valence-corrected chi connectivity index (χ0v) is 18.1. The molecule has 1 heteroatoms. The maximum absolute atomic E-state index is 2.62. The lowest BCUT2D eigenvalue weighted by molar-refractivity contribution is -0.938. The largest absolute Gasteiger partial charge is 0.323 e. The summed E-state index contributed by atoms with van der Waals surface area (Å²) in [6.45, 7) is 10.2. The SMILES string of the molecule is CCC1CCC2C([N+](C)(CC)CC3CC3)Cc3cccc4c3C2(CC)[C@H]1C4. The summed E-state index contributed by atoms with van der Waals surface area (Å²) >= 11 is 0. The molecule has 1 nitrogen and oxygen atoms in total. The van der Waals surface area contributed by atoms with Gasteiger partial charge >= 0.3 is 0 Å². The molecule has 148 valence electrons. The van der Waals surface area contributed by atoms with E-state index in [9.17, 15) is 0 Å². The number of rotatable bonds is 6. The lowest BCUT2D eigenvalue weighted by Gasteiger charge is -2.59. The normalized spacial score (nSPS) is 39.1. The van der Waals surface area contributed by atoms with Crippen LogP contribution in [-0.2, 0) is 18.3 Å². The van der Waals surface area contributed by atoms with Crippen molar-refractivity contribution in [2.75, 3.05) is 20.1 Å². The fourth-order valence-corrected chi connectivity index (χ4v) is 8.23. The van der Waals surface area contributed by atoms with E-state index in [1.54, 1.807) is 11.1 Å². The molecule has 2 saturated carbocycles. The summed E-state index contributed by atoms with van der Waals surface area (Å²) < 4.78 is 1.34. The maximum Gasteiger partial charge on any atom is 0.0966 e. The van der Waals surface area contributed by atoms with Crippen molar-refractivity contribution in [3.05, 3.63) is 34.9 Å².